The Hall–Kier alpha value is -1.15. The van der Waals surface area contributed by atoms with E-state index in [9.17, 15) is 4.79 Å². The number of ketones is 1. The molecule has 1 aromatic rings. The first-order chi connectivity index (χ1) is 6.79. The van der Waals surface area contributed by atoms with Crippen LogP contribution in [-0.2, 0) is 4.79 Å². The van der Waals surface area contributed by atoms with Crippen molar-refractivity contribution in [2.45, 2.75) is 25.8 Å². The molecule has 1 aliphatic heterocycles. The molecule has 1 fully saturated rings. The fraction of sp³-hybridized carbons (Fsp3) is 0.417. The van der Waals surface area contributed by atoms with E-state index < -0.39 is 0 Å². The molecule has 0 spiro atoms. The number of rotatable bonds is 1. The number of carbonyl (C=O) groups excluding carboxylic acids is 1. The maximum atomic E-state index is 11.7. The summed E-state index contributed by atoms with van der Waals surface area (Å²) in [4.78, 5) is 11.7. The maximum Gasteiger partial charge on any atom is 0.154 e. The molecule has 1 heterocycles. The SMILES string of the molecule is Cc1ccccc1C1NCCCC1=O. The van der Waals surface area contributed by atoms with Crippen LogP contribution < -0.4 is 5.32 Å². The van der Waals surface area contributed by atoms with Crippen LogP contribution in [0.1, 0.15) is 30.0 Å². The Kier molecular flexibility index (Phi) is 2.64. The lowest BCUT2D eigenvalue weighted by molar-refractivity contribution is -0.122. The van der Waals surface area contributed by atoms with Gasteiger partial charge in [-0.3, -0.25) is 4.79 Å². The number of aryl methyl sites for hydroxylation is 1. The largest absolute Gasteiger partial charge is 0.304 e. The molecule has 1 saturated heterocycles. The average molecular weight is 189 g/mol. The number of benzene rings is 1. The van der Waals surface area contributed by atoms with Gasteiger partial charge in [0.1, 0.15) is 0 Å². The van der Waals surface area contributed by atoms with Crippen molar-refractivity contribution < 1.29 is 4.79 Å². The van der Waals surface area contributed by atoms with Crippen LogP contribution in [0.25, 0.3) is 0 Å². The average Bonchev–Trinajstić information content (AvgIpc) is 2.20. The minimum absolute atomic E-state index is 0.0649. The lowest BCUT2D eigenvalue weighted by Gasteiger charge is -2.23. The predicted molar refractivity (Wildman–Crippen MR) is 56.2 cm³/mol. The van der Waals surface area contributed by atoms with Gasteiger partial charge < -0.3 is 5.32 Å². The summed E-state index contributed by atoms with van der Waals surface area (Å²) in [5, 5.41) is 3.28. The lowest BCUT2D eigenvalue weighted by atomic mass is 9.93. The van der Waals surface area contributed by atoms with Gasteiger partial charge in [0.25, 0.3) is 0 Å². The number of piperidine rings is 1. The van der Waals surface area contributed by atoms with E-state index in [2.05, 4.69) is 18.3 Å². The standard InChI is InChI=1S/C12H15NO/c1-9-5-2-3-6-10(9)12-11(14)7-4-8-13-12/h2-3,5-6,12-13H,4,7-8H2,1H3. The first kappa shape index (κ1) is 9.41. The van der Waals surface area contributed by atoms with E-state index in [-0.39, 0.29) is 6.04 Å². The zero-order valence-electron chi connectivity index (χ0n) is 8.42. The number of Topliss-reactive ketones (excluding diaryl/α,β-unsaturated/α-hetero) is 1. The van der Waals surface area contributed by atoms with E-state index in [1.165, 1.54) is 5.56 Å². The van der Waals surface area contributed by atoms with Gasteiger partial charge in [0.2, 0.25) is 0 Å². The second-order valence-corrected chi connectivity index (χ2v) is 3.81. The Morgan fingerprint density at radius 2 is 2.14 bits per heavy atom. The van der Waals surface area contributed by atoms with Crippen LogP contribution >= 0.6 is 0 Å². The Bertz CT molecular complexity index is 346. The summed E-state index contributed by atoms with van der Waals surface area (Å²) in [6.07, 6.45) is 1.69. The molecule has 0 radical (unpaired) electrons. The molecule has 1 unspecified atom stereocenters. The van der Waals surface area contributed by atoms with Crippen LogP contribution in [0.3, 0.4) is 0 Å². The van der Waals surface area contributed by atoms with E-state index in [0.717, 1.165) is 18.5 Å². The second-order valence-electron chi connectivity index (χ2n) is 3.81. The lowest BCUT2D eigenvalue weighted by Crippen LogP contribution is -2.34. The van der Waals surface area contributed by atoms with Gasteiger partial charge in [-0.25, -0.2) is 0 Å². The van der Waals surface area contributed by atoms with Crippen molar-refractivity contribution in [1.29, 1.82) is 0 Å². The molecule has 0 bridgehead atoms. The van der Waals surface area contributed by atoms with Gasteiger partial charge in [0.15, 0.2) is 5.78 Å². The molecule has 2 rings (SSSR count). The fourth-order valence-electron chi connectivity index (χ4n) is 1.96. The summed E-state index contributed by atoms with van der Waals surface area (Å²) in [7, 11) is 0. The molecule has 74 valence electrons. The smallest absolute Gasteiger partial charge is 0.154 e. The first-order valence-electron chi connectivity index (χ1n) is 5.10. The minimum Gasteiger partial charge on any atom is -0.304 e. The molecule has 0 aromatic heterocycles. The molecule has 0 amide bonds. The molecule has 1 aliphatic rings. The Morgan fingerprint density at radius 1 is 1.36 bits per heavy atom. The normalized spacial score (nSPS) is 22.4. The van der Waals surface area contributed by atoms with Crippen molar-refractivity contribution in [2.24, 2.45) is 0 Å². The molecule has 0 aliphatic carbocycles. The van der Waals surface area contributed by atoms with Crippen LogP contribution in [0.15, 0.2) is 24.3 Å². The molecular formula is C12H15NO. The summed E-state index contributed by atoms with van der Waals surface area (Å²) in [5.41, 5.74) is 2.33. The van der Waals surface area contributed by atoms with Crippen LogP contribution in [0, 0.1) is 6.92 Å². The zero-order valence-corrected chi connectivity index (χ0v) is 8.42. The van der Waals surface area contributed by atoms with Crippen LogP contribution in [0.5, 0.6) is 0 Å². The second kappa shape index (κ2) is 3.93. The third kappa shape index (κ3) is 1.70. The fourth-order valence-corrected chi connectivity index (χ4v) is 1.96. The van der Waals surface area contributed by atoms with E-state index in [1.807, 2.05) is 18.2 Å². The summed E-state index contributed by atoms with van der Waals surface area (Å²) in [5.74, 6) is 0.325. The van der Waals surface area contributed by atoms with Gasteiger partial charge in [-0.15, -0.1) is 0 Å². The quantitative estimate of drug-likeness (QED) is 0.732. The van der Waals surface area contributed by atoms with Gasteiger partial charge >= 0.3 is 0 Å². The number of nitrogens with one attached hydrogen (secondary N) is 1. The molecule has 2 heteroatoms. The predicted octanol–water partition coefficient (Wildman–Crippen LogP) is 1.99. The molecule has 0 saturated carbocycles. The Balaban J connectivity index is 2.29. The first-order valence-corrected chi connectivity index (χ1v) is 5.10. The third-order valence-corrected chi connectivity index (χ3v) is 2.77. The Morgan fingerprint density at radius 3 is 2.86 bits per heavy atom. The van der Waals surface area contributed by atoms with Crippen molar-refractivity contribution in [2.75, 3.05) is 6.54 Å². The summed E-state index contributed by atoms with van der Waals surface area (Å²) >= 11 is 0. The van der Waals surface area contributed by atoms with E-state index in [0.29, 0.717) is 12.2 Å². The molecule has 14 heavy (non-hydrogen) atoms. The minimum atomic E-state index is -0.0649. The Labute approximate surface area is 84.3 Å². The number of carbonyl (C=O) groups is 1. The summed E-state index contributed by atoms with van der Waals surface area (Å²) < 4.78 is 0. The highest BCUT2D eigenvalue weighted by Gasteiger charge is 2.23. The van der Waals surface area contributed by atoms with Gasteiger partial charge in [-0.1, -0.05) is 24.3 Å². The van der Waals surface area contributed by atoms with Gasteiger partial charge in [-0.2, -0.15) is 0 Å². The van der Waals surface area contributed by atoms with Crippen molar-refractivity contribution in [3.63, 3.8) is 0 Å². The molecule has 1 aromatic carbocycles. The van der Waals surface area contributed by atoms with E-state index in [4.69, 9.17) is 0 Å². The van der Waals surface area contributed by atoms with E-state index >= 15 is 0 Å². The van der Waals surface area contributed by atoms with Crippen LogP contribution in [0.2, 0.25) is 0 Å². The summed E-state index contributed by atoms with van der Waals surface area (Å²) in [6.45, 7) is 3.00. The van der Waals surface area contributed by atoms with Gasteiger partial charge in [0, 0.05) is 6.42 Å². The van der Waals surface area contributed by atoms with Crippen molar-refractivity contribution in [3.8, 4) is 0 Å². The highest BCUT2D eigenvalue weighted by atomic mass is 16.1. The van der Waals surface area contributed by atoms with Gasteiger partial charge in [-0.05, 0) is 31.0 Å². The highest BCUT2D eigenvalue weighted by molar-refractivity contribution is 5.86. The van der Waals surface area contributed by atoms with Crippen molar-refractivity contribution in [3.05, 3.63) is 35.4 Å². The monoisotopic (exact) mass is 189 g/mol. The van der Waals surface area contributed by atoms with Crippen molar-refractivity contribution in [1.82, 2.24) is 5.32 Å². The van der Waals surface area contributed by atoms with Crippen molar-refractivity contribution >= 4 is 5.78 Å². The van der Waals surface area contributed by atoms with Crippen LogP contribution in [0.4, 0.5) is 0 Å². The number of hydrogen-bond donors (Lipinski definition) is 1. The molecule has 1 N–H and O–H groups in total. The summed E-state index contributed by atoms with van der Waals surface area (Å²) in [6, 6.07) is 8.03. The van der Waals surface area contributed by atoms with Gasteiger partial charge in [0.05, 0.1) is 6.04 Å². The molecule has 2 nitrogen and oxygen atoms in total. The van der Waals surface area contributed by atoms with Crippen LogP contribution in [-0.4, -0.2) is 12.3 Å². The maximum absolute atomic E-state index is 11.7. The molecule has 1 atom stereocenters. The highest BCUT2D eigenvalue weighted by Crippen LogP contribution is 2.22. The number of hydrogen-bond acceptors (Lipinski definition) is 2. The van der Waals surface area contributed by atoms with E-state index in [1.54, 1.807) is 0 Å². The topological polar surface area (TPSA) is 29.1 Å². The zero-order chi connectivity index (χ0) is 9.97. The third-order valence-electron chi connectivity index (χ3n) is 2.77. The molecular weight excluding hydrogens is 174 g/mol.